The Labute approximate surface area is 112 Å². The van der Waals surface area contributed by atoms with Crippen molar-refractivity contribution >= 4 is 15.9 Å². The number of piperazine rings is 1. The molecule has 1 fully saturated rings. The van der Waals surface area contributed by atoms with Gasteiger partial charge in [-0.3, -0.25) is 4.90 Å². The predicted molar refractivity (Wildman–Crippen MR) is 67.3 cm³/mol. The summed E-state index contributed by atoms with van der Waals surface area (Å²) in [6, 6.07) is 3.12. The van der Waals surface area contributed by atoms with Crippen LogP contribution in [0.3, 0.4) is 0 Å². The number of nitrogens with zero attached hydrogens (tertiary/aromatic N) is 1. The second-order valence-electron chi connectivity index (χ2n) is 4.20. The van der Waals surface area contributed by atoms with Crippen molar-refractivity contribution in [2.45, 2.75) is 12.5 Å². The largest absolute Gasteiger partial charge is 0.314 e. The molecule has 1 aromatic rings. The summed E-state index contributed by atoms with van der Waals surface area (Å²) in [5, 5.41) is 3.10. The van der Waals surface area contributed by atoms with Gasteiger partial charge in [0.1, 0.15) is 11.9 Å². The molecular formula is C12H14BrF3N2. The van der Waals surface area contributed by atoms with Gasteiger partial charge in [0.2, 0.25) is 0 Å². The standard InChI is InChI=1S/C12H14BrF3N2/c13-8-2-1-3-9(14)10(8)11(12(15)16)18-6-4-17-5-7-18/h1-3,11-12,17H,4-7H2/t11-/m1/s1. The summed E-state index contributed by atoms with van der Waals surface area (Å²) < 4.78 is 40.8. The van der Waals surface area contributed by atoms with E-state index in [0.29, 0.717) is 30.7 Å². The molecule has 0 bridgehead atoms. The normalized spacial score (nSPS) is 19.2. The molecule has 1 aliphatic heterocycles. The van der Waals surface area contributed by atoms with Crippen LogP contribution in [-0.2, 0) is 0 Å². The highest BCUT2D eigenvalue weighted by atomic mass is 79.9. The van der Waals surface area contributed by atoms with Crippen molar-refractivity contribution in [2.75, 3.05) is 26.2 Å². The lowest BCUT2D eigenvalue weighted by molar-refractivity contribution is 0.0160. The van der Waals surface area contributed by atoms with Crippen molar-refractivity contribution in [2.24, 2.45) is 0 Å². The SMILES string of the molecule is Fc1cccc(Br)c1[C@H](C(F)F)N1CCNCC1. The van der Waals surface area contributed by atoms with Gasteiger partial charge in [-0.1, -0.05) is 22.0 Å². The fraction of sp³-hybridized carbons (Fsp3) is 0.500. The van der Waals surface area contributed by atoms with E-state index in [-0.39, 0.29) is 5.56 Å². The minimum absolute atomic E-state index is 0.0504. The first-order chi connectivity index (χ1) is 8.61. The van der Waals surface area contributed by atoms with Crippen molar-refractivity contribution in [3.8, 4) is 0 Å². The quantitative estimate of drug-likeness (QED) is 0.920. The smallest absolute Gasteiger partial charge is 0.258 e. The molecule has 2 rings (SSSR count). The Morgan fingerprint density at radius 2 is 1.89 bits per heavy atom. The summed E-state index contributed by atoms with van der Waals surface area (Å²) in [6.07, 6.45) is -2.61. The van der Waals surface area contributed by atoms with Crippen molar-refractivity contribution in [1.82, 2.24) is 10.2 Å². The van der Waals surface area contributed by atoms with E-state index in [0.717, 1.165) is 0 Å². The third kappa shape index (κ3) is 2.87. The van der Waals surface area contributed by atoms with E-state index >= 15 is 0 Å². The highest BCUT2D eigenvalue weighted by Gasteiger charge is 2.33. The molecule has 1 heterocycles. The number of rotatable bonds is 3. The van der Waals surface area contributed by atoms with Gasteiger partial charge in [-0.05, 0) is 12.1 Å². The second-order valence-corrected chi connectivity index (χ2v) is 5.05. The van der Waals surface area contributed by atoms with Gasteiger partial charge in [0.25, 0.3) is 6.43 Å². The van der Waals surface area contributed by atoms with Crippen LogP contribution in [0.5, 0.6) is 0 Å². The summed E-state index contributed by atoms with van der Waals surface area (Å²) >= 11 is 3.17. The van der Waals surface area contributed by atoms with Gasteiger partial charge in [0.15, 0.2) is 0 Å². The lowest BCUT2D eigenvalue weighted by atomic mass is 10.0. The molecule has 0 spiro atoms. The zero-order chi connectivity index (χ0) is 13.1. The van der Waals surface area contributed by atoms with Gasteiger partial charge in [0.05, 0.1) is 0 Å². The molecule has 1 aliphatic rings. The highest BCUT2D eigenvalue weighted by molar-refractivity contribution is 9.10. The molecule has 1 atom stereocenters. The molecule has 1 saturated heterocycles. The summed E-state index contributed by atoms with van der Waals surface area (Å²) in [4.78, 5) is 1.63. The molecule has 1 N–H and O–H groups in total. The second kappa shape index (κ2) is 6.04. The van der Waals surface area contributed by atoms with Crippen LogP contribution < -0.4 is 5.32 Å². The van der Waals surface area contributed by atoms with Crippen LogP contribution in [0.1, 0.15) is 11.6 Å². The Kier molecular flexibility index (Phi) is 4.64. The van der Waals surface area contributed by atoms with Crippen LogP contribution in [-0.4, -0.2) is 37.5 Å². The predicted octanol–water partition coefficient (Wildman–Crippen LogP) is 2.80. The zero-order valence-corrected chi connectivity index (χ0v) is 11.3. The average molecular weight is 323 g/mol. The Balaban J connectivity index is 2.34. The zero-order valence-electron chi connectivity index (χ0n) is 9.67. The fourth-order valence-corrected chi connectivity index (χ4v) is 2.80. The minimum atomic E-state index is -2.61. The Morgan fingerprint density at radius 3 is 2.44 bits per heavy atom. The Bertz CT molecular complexity index is 388. The van der Waals surface area contributed by atoms with Crippen molar-refractivity contribution in [3.05, 3.63) is 34.1 Å². The highest BCUT2D eigenvalue weighted by Crippen LogP contribution is 2.34. The van der Waals surface area contributed by atoms with E-state index in [1.54, 1.807) is 11.0 Å². The first kappa shape index (κ1) is 13.8. The van der Waals surface area contributed by atoms with E-state index in [1.165, 1.54) is 12.1 Å². The molecule has 0 saturated carbocycles. The lowest BCUT2D eigenvalue weighted by Crippen LogP contribution is -2.47. The minimum Gasteiger partial charge on any atom is -0.314 e. The number of benzene rings is 1. The van der Waals surface area contributed by atoms with Crippen LogP contribution >= 0.6 is 15.9 Å². The van der Waals surface area contributed by atoms with Gasteiger partial charge in [-0.25, -0.2) is 13.2 Å². The number of hydrogen-bond acceptors (Lipinski definition) is 2. The Hall–Kier alpha value is -0.590. The summed E-state index contributed by atoms with van der Waals surface area (Å²) in [7, 11) is 0. The molecule has 0 aliphatic carbocycles. The van der Waals surface area contributed by atoms with Crippen molar-refractivity contribution < 1.29 is 13.2 Å². The molecule has 2 nitrogen and oxygen atoms in total. The van der Waals surface area contributed by atoms with Gasteiger partial charge in [-0.15, -0.1) is 0 Å². The fourth-order valence-electron chi connectivity index (χ4n) is 2.22. The maximum absolute atomic E-state index is 13.8. The maximum Gasteiger partial charge on any atom is 0.258 e. The van der Waals surface area contributed by atoms with Crippen LogP contribution in [0, 0.1) is 5.82 Å². The third-order valence-corrected chi connectivity index (χ3v) is 3.77. The van der Waals surface area contributed by atoms with E-state index in [9.17, 15) is 13.2 Å². The van der Waals surface area contributed by atoms with Gasteiger partial charge < -0.3 is 5.32 Å². The molecule has 18 heavy (non-hydrogen) atoms. The molecular weight excluding hydrogens is 309 g/mol. The van der Waals surface area contributed by atoms with E-state index in [2.05, 4.69) is 21.2 Å². The molecule has 0 unspecified atom stereocenters. The van der Waals surface area contributed by atoms with Crippen molar-refractivity contribution in [1.29, 1.82) is 0 Å². The number of hydrogen-bond donors (Lipinski definition) is 1. The topological polar surface area (TPSA) is 15.3 Å². The molecule has 6 heteroatoms. The number of alkyl halides is 2. The van der Waals surface area contributed by atoms with Crippen LogP contribution in [0.4, 0.5) is 13.2 Å². The van der Waals surface area contributed by atoms with E-state index < -0.39 is 18.3 Å². The maximum atomic E-state index is 13.8. The van der Waals surface area contributed by atoms with Gasteiger partial charge in [0, 0.05) is 36.2 Å². The molecule has 0 radical (unpaired) electrons. The van der Waals surface area contributed by atoms with E-state index in [1.807, 2.05) is 0 Å². The molecule has 0 amide bonds. The number of nitrogens with one attached hydrogen (secondary N) is 1. The molecule has 100 valence electrons. The summed E-state index contributed by atoms with van der Waals surface area (Å²) in [6.45, 7) is 2.29. The monoisotopic (exact) mass is 322 g/mol. The summed E-state index contributed by atoms with van der Waals surface area (Å²) in [5.74, 6) is -0.590. The van der Waals surface area contributed by atoms with Crippen LogP contribution in [0.2, 0.25) is 0 Å². The van der Waals surface area contributed by atoms with Crippen LogP contribution in [0.25, 0.3) is 0 Å². The van der Waals surface area contributed by atoms with Gasteiger partial charge >= 0.3 is 0 Å². The average Bonchev–Trinajstić information content (AvgIpc) is 2.34. The third-order valence-electron chi connectivity index (χ3n) is 3.08. The molecule has 1 aromatic carbocycles. The van der Waals surface area contributed by atoms with Crippen LogP contribution in [0.15, 0.2) is 22.7 Å². The Morgan fingerprint density at radius 1 is 1.22 bits per heavy atom. The van der Waals surface area contributed by atoms with E-state index in [4.69, 9.17) is 0 Å². The summed E-state index contributed by atoms with van der Waals surface area (Å²) in [5.41, 5.74) is 0.0504. The first-order valence-electron chi connectivity index (χ1n) is 5.78. The first-order valence-corrected chi connectivity index (χ1v) is 6.57. The van der Waals surface area contributed by atoms with Crippen molar-refractivity contribution in [3.63, 3.8) is 0 Å². The molecule has 0 aromatic heterocycles. The van der Waals surface area contributed by atoms with Gasteiger partial charge in [-0.2, -0.15) is 0 Å². The number of halogens is 4. The lowest BCUT2D eigenvalue weighted by Gasteiger charge is -2.35.